The molecule has 0 bridgehead atoms. The third kappa shape index (κ3) is 1.77. The van der Waals surface area contributed by atoms with Crippen molar-refractivity contribution < 1.29 is 0 Å². The van der Waals surface area contributed by atoms with Crippen molar-refractivity contribution in [1.82, 2.24) is 8.75 Å². The van der Waals surface area contributed by atoms with Crippen LogP contribution in [0.5, 0.6) is 0 Å². The quantitative estimate of drug-likeness (QED) is 0.722. The highest BCUT2D eigenvalue weighted by atomic mass is 32.1. The number of fused-ring (bicyclic) bond motifs is 1. The Morgan fingerprint density at radius 3 is 2.69 bits per heavy atom. The Morgan fingerprint density at radius 1 is 1.31 bits per heavy atom. The Labute approximate surface area is 101 Å². The molecule has 1 heterocycles. The standard InChI is InChI=1S/C13H16N2S/c1-5-13(3,4)10-8-6-7-9(2)11-12(10)15-16-14-11/h6-7H,5H2,1-4H3. The van der Waals surface area contributed by atoms with Gasteiger partial charge in [0.25, 0.3) is 0 Å². The molecule has 0 aliphatic heterocycles. The van der Waals surface area contributed by atoms with Crippen LogP contribution in [-0.2, 0) is 0 Å². The minimum Gasteiger partial charge on any atom is -0.173 e. The molecule has 84 valence electrons. The molecule has 0 amide bonds. The van der Waals surface area contributed by atoms with E-state index in [0.29, 0.717) is 0 Å². The lowest BCUT2D eigenvalue weighted by atomic mass is 9.80. The minimum absolute atomic E-state index is 0.0967. The van der Waals surface area contributed by atoms with Gasteiger partial charge in [0.15, 0.2) is 0 Å². The first kappa shape index (κ1) is 11.3. The molecule has 0 saturated carbocycles. The second-order valence-electron chi connectivity index (χ2n) is 4.73. The molecule has 1 aromatic rings. The van der Waals surface area contributed by atoms with Gasteiger partial charge in [-0.25, -0.2) is 0 Å². The van der Waals surface area contributed by atoms with Crippen LogP contribution in [0.3, 0.4) is 0 Å². The maximum atomic E-state index is 4.43. The second-order valence-corrected chi connectivity index (χ2v) is 5.26. The van der Waals surface area contributed by atoms with E-state index >= 15 is 0 Å². The summed E-state index contributed by atoms with van der Waals surface area (Å²) >= 11 is 1.28. The molecule has 3 heteroatoms. The molecule has 0 N–H and O–H groups in total. The summed E-state index contributed by atoms with van der Waals surface area (Å²) in [5.41, 5.74) is 7.83. The van der Waals surface area contributed by atoms with Crippen LogP contribution in [0.15, 0.2) is 17.9 Å². The van der Waals surface area contributed by atoms with Crippen LogP contribution in [0.2, 0.25) is 0 Å². The molecule has 0 unspecified atom stereocenters. The monoisotopic (exact) mass is 232 g/mol. The normalized spacial score (nSPS) is 15.2. The maximum absolute atomic E-state index is 4.43. The molecule has 0 aromatic carbocycles. The number of nitrogens with zero attached hydrogens (tertiary/aromatic N) is 2. The van der Waals surface area contributed by atoms with E-state index in [1.807, 2.05) is 6.08 Å². The Hall–Kier alpha value is -1.18. The third-order valence-electron chi connectivity index (χ3n) is 3.22. The van der Waals surface area contributed by atoms with Crippen molar-refractivity contribution in [2.24, 2.45) is 5.41 Å². The first-order valence-electron chi connectivity index (χ1n) is 5.53. The molecule has 2 nitrogen and oxygen atoms in total. The molecule has 16 heavy (non-hydrogen) atoms. The summed E-state index contributed by atoms with van der Waals surface area (Å²) in [5, 5.41) is 0. The molecule has 0 fully saturated rings. The van der Waals surface area contributed by atoms with Crippen molar-refractivity contribution in [3.63, 3.8) is 0 Å². The summed E-state index contributed by atoms with van der Waals surface area (Å²) < 4.78 is 8.81. The fourth-order valence-corrected chi connectivity index (χ4v) is 2.31. The van der Waals surface area contributed by atoms with Crippen molar-refractivity contribution in [1.29, 1.82) is 0 Å². The van der Waals surface area contributed by atoms with Crippen molar-refractivity contribution in [2.75, 3.05) is 0 Å². The molecule has 1 aliphatic carbocycles. The molecule has 1 aromatic heterocycles. The summed E-state index contributed by atoms with van der Waals surface area (Å²) in [6, 6.07) is 0. The van der Waals surface area contributed by atoms with E-state index in [2.05, 4.69) is 48.2 Å². The number of hydrogen-bond donors (Lipinski definition) is 0. The van der Waals surface area contributed by atoms with Crippen LogP contribution >= 0.6 is 11.7 Å². The first-order chi connectivity index (χ1) is 7.56. The highest BCUT2D eigenvalue weighted by molar-refractivity contribution is 6.99. The van der Waals surface area contributed by atoms with Gasteiger partial charge in [-0.05, 0) is 36.5 Å². The Bertz CT molecular complexity index is 500. The van der Waals surface area contributed by atoms with Crippen LogP contribution in [0.1, 0.15) is 45.5 Å². The zero-order valence-corrected chi connectivity index (χ0v) is 11.0. The Balaban J connectivity index is 2.63. The van der Waals surface area contributed by atoms with Crippen LogP contribution < -0.4 is 0 Å². The zero-order valence-electron chi connectivity index (χ0n) is 10.2. The summed E-state index contributed by atoms with van der Waals surface area (Å²) in [7, 11) is 0. The van der Waals surface area contributed by atoms with Crippen LogP contribution in [0.25, 0.3) is 11.1 Å². The van der Waals surface area contributed by atoms with E-state index in [0.717, 1.165) is 23.4 Å². The molecule has 0 spiro atoms. The average Bonchev–Trinajstić information content (AvgIpc) is 2.67. The first-order valence-corrected chi connectivity index (χ1v) is 6.26. The van der Waals surface area contributed by atoms with Gasteiger partial charge in [0.2, 0.25) is 0 Å². The van der Waals surface area contributed by atoms with Gasteiger partial charge in [0.05, 0.1) is 11.7 Å². The van der Waals surface area contributed by atoms with Crippen LogP contribution in [0.4, 0.5) is 0 Å². The zero-order chi connectivity index (χ0) is 11.8. The molecule has 0 radical (unpaired) electrons. The lowest BCUT2D eigenvalue weighted by Gasteiger charge is -2.23. The highest BCUT2D eigenvalue weighted by Crippen LogP contribution is 2.39. The van der Waals surface area contributed by atoms with E-state index in [-0.39, 0.29) is 5.41 Å². The van der Waals surface area contributed by atoms with Crippen molar-refractivity contribution >= 4 is 22.9 Å². The number of allylic oxidation sites excluding steroid dienone is 3. The van der Waals surface area contributed by atoms with Gasteiger partial charge in [-0.1, -0.05) is 20.8 Å². The van der Waals surface area contributed by atoms with Gasteiger partial charge >= 0.3 is 0 Å². The third-order valence-corrected chi connectivity index (χ3v) is 3.75. The number of aromatic nitrogens is 2. The van der Waals surface area contributed by atoms with E-state index in [1.54, 1.807) is 0 Å². The predicted molar refractivity (Wildman–Crippen MR) is 69.1 cm³/mol. The lowest BCUT2D eigenvalue weighted by molar-refractivity contribution is 0.481. The van der Waals surface area contributed by atoms with Gasteiger partial charge in [0.1, 0.15) is 11.4 Å². The summed E-state index contributed by atoms with van der Waals surface area (Å²) in [4.78, 5) is 0. The SMILES string of the molecule is CCC(C)(C)C1=C=CC=C(C)c2nsnc21. The fraction of sp³-hybridized carbons (Fsp3) is 0.462. The lowest BCUT2D eigenvalue weighted by Crippen LogP contribution is -2.12. The van der Waals surface area contributed by atoms with E-state index in [9.17, 15) is 0 Å². The molecule has 0 saturated heterocycles. The van der Waals surface area contributed by atoms with Crippen molar-refractivity contribution in [3.05, 3.63) is 29.3 Å². The topological polar surface area (TPSA) is 25.8 Å². The molecule has 0 atom stereocenters. The fourth-order valence-electron chi connectivity index (χ4n) is 1.70. The Kier molecular flexibility index (Phi) is 2.83. The van der Waals surface area contributed by atoms with Gasteiger partial charge < -0.3 is 0 Å². The van der Waals surface area contributed by atoms with Gasteiger partial charge in [-0.3, -0.25) is 0 Å². The molecular formula is C13H16N2S. The second kappa shape index (κ2) is 4.00. The van der Waals surface area contributed by atoms with E-state index in [4.69, 9.17) is 0 Å². The summed E-state index contributed by atoms with van der Waals surface area (Å²) in [6.45, 7) is 8.72. The highest BCUT2D eigenvalue weighted by Gasteiger charge is 2.27. The van der Waals surface area contributed by atoms with E-state index in [1.165, 1.54) is 17.3 Å². The minimum atomic E-state index is 0.0967. The molecule has 1 aliphatic rings. The summed E-state index contributed by atoms with van der Waals surface area (Å²) in [6.07, 6.45) is 5.11. The van der Waals surface area contributed by atoms with Crippen LogP contribution in [0, 0.1) is 5.41 Å². The van der Waals surface area contributed by atoms with Gasteiger partial charge in [-0.2, -0.15) is 8.75 Å². The largest absolute Gasteiger partial charge is 0.173 e. The van der Waals surface area contributed by atoms with E-state index < -0.39 is 0 Å². The number of hydrogen-bond acceptors (Lipinski definition) is 3. The maximum Gasteiger partial charge on any atom is 0.116 e. The number of rotatable bonds is 2. The van der Waals surface area contributed by atoms with Crippen LogP contribution in [-0.4, -0.2) is 8.75 Å². The van der Waals surface area contributed by atoms with Crippen molar-refractivity contribution in [2.45, 2.75) is 34.1 Å². The van der Waals surface area contributed by atoms with Gasteiger partial charge in [0, 0.05) is 5.57 Å². The molecule has 2 rings (SSSR count). The Morgan fingerprint density at radius 2 is 2.00 bits per heavy atom. The average molecular weight is 232 g/mol. The molecular weight excluding hydrogens is 216 g/mol. The van der Waals surface area contributed by atoms with Gasteiger partial charge in [-0.15, -0.1) is 5.73 Å². The smallest absolute Gasteiger partial charge is 0.116 e. The predicted octanol–water partition coefficient (Wildman–Crippen LogP) is 3.93. The van der Waals surface area contributed by atoms with Crippen molar-refractivity contribution in [3.8, 4) is 0 Å². The summed E-state index contributed by atoms with van der Waals surface area (Å²) in [5.74, 6) is 0.